The van der Waals surface area contributed by atoms with Crippen LogP contribution in [0.3, 0.4) is 0 Å². The van der Waals surface area contributed by atoms with E-state index in [-0.39, 0.29) is 17.3 Å². The number of nitrogens with zero attached hydrogens (tertiary/aromatic N) is 1. The van der Waals surface area contributed by atoms with Crippen molar-refractivity contribution in [3.8, 4) is 17.2 Å². The average molecular weight is 443 g/mol. The van der Waals surface area contributed by atoms with Crippen molar-refractivity contribution in [2.45, 2.75) is 6.92 Å². The van der Waals surface area contributed by atoms with Gasteiger partial charge in [0.2, 0.25) is 5.90 Å². The van der Waals surface area contributed by atoms with Gasteiger partial charge in [0.25, 0.3) is 0 Å². The third kappa shape index (κ3) is 5.10. The number of rotatable bonds is 7. The Morgan fingerprint density at radius 3 is 2.45 bits per heavy atom. The lowest BCUT2D eigenvalue weighted by Crippen LogP contribution is -2.09. The largest absolute Gasteiger partial charge is 0.497 e. The Balaban J connectivity index is 1.58. The van der Waals surface area contributed by atoms with E-state index in [1.54, 1.807) is 79.9 Å². The standard InChI is InChI=1S/C26H21NO6/c1-3-31-23-16-17(9-14-22(23)32-25(28)19-7-5-4-6-8-19)15-21-26(29)33-24(27-21)18-10-12-20(30-2)13-11-18/h4-16H,3H2,1-2H3/b21-15+. The number of carbonyl (C=O) groups is 2. The molecule has 3 aromatic carbocycles. The quantitative estimate of drug-likeness (QED) is 0.300. The van der Waals surface area contributed by atoms with E-state index in [9.17, 15) is 9.59 Å². The number of ether oxygens (including phenoxy) is 4. The number of esters is 2. The average Bonchev–Trinajstić information content (AvgIpc) is 3.21. The van der Waals surface area contributed by atoms with Crippen molar-refractivity contribution in [2.75, 3.05) is 13.7 Å². The first-order chi connectivity index (χ1) is 16.1. The number of aliphatic imine (C=N–C) groups is 1. The van der Waals surface area contributed by atoms with E-state index < -0.39 is 11.9 Å². The fourth-order valence-electron chi connectivity index (χ4n) is 3.12. The maximum absolute atomic E-state index is 12.4. The van der Waals surface area contributed by atoms with E-state index in [2.05, 4.69) is 4.99 Å². The molecule has 7 nitrogen and oxygen atoms in total. The third-order valence-electron chi connectivity index (χ3n) is 4.74. The molecule has 0 aromatic heterocycles. The van der Waals surface area contributed by atoms with Gasteiger partial charge in [0.15, 0.2) is 17.2 Å². The molecule has 0 bridgehead atoms. The van der Waals surface area contributed by atoms with Gasteiger partial charge in [-0.05, 0) is 67.1 Å². The summed E-state index contributed by atoms with van der Waals surface area (Å²) in [6, 6.07) is 20.7. The van der Waals surface area contributed by atoms with Crippen LogP contribution in [-0.4, -0.2) is 31.6 Å². The Labute approximate surface area is 190 Å². The summed E-state index contributed by atoms with van der Waals surface area (Å²) in [4.78, 5) is 29.1. The lowest BCUT2D eigenvalue weighted by atomic mass is 10.1. The number of methoxy groups -OCH3 is 1. The van der Waals surface area contributed by atoms with E-state index in [1.165, 1.54) is 0 Å². The van der Waals surface area contributed by atoms with E-state index in [4.69, 9.17) is 18.9 Å². The molecule has 3 aromatic rings. The normalized spacial score (nSPS) is 13.9. The highest BCUT2D eigenvalue weighted by Gasteiger charge is 2.24. The van der Waals surface area contributed by atoms with Crippen LogP contribution in [0.25, 0.3) is 6.08 Å². The number of benzene rings is 3. The van der Waals surface area contributed by atoms with Crippen LogP contribution in [-0.2, 0) is 9.53 Å². The van der Waals surface area contributed by atoms with Crippen LogP contribution in [0.15, 0.2) is 83.5 Å². The molecule has 33 heavy (non-hydrogen) atoms. The van der Waals surface area contributed by atoms with Gasteiger partial charge in [-0.2, -0.15) is 0 Å². The summed E-state index contributed by atoms with van der Waals surface area (Å²) in [5.41, 5.74) is 1.88. The molecule has 0 atom stereocenters. The van der Waals surface area contributed by atoms with E-state index >= 15 is 0 Å². The van der Waals surface area contributed by atoms with Gasteiger partial charge in [0.05, 0.1) is 19.3 Å². The smallest absolute Gasteiger partial charge is 0.363 e. The van der Waals surface area contributed by atoms with Crippen molar-refractivity contribution in [2.24, 2.45) is 4.99 Å². The summed E-state index contributed by atoms with van der Waals surface area (Å²) in [6.07, 6.45) is 1.59. The highest BCUT2D eigenvalue weighted by molar-refractivity contribution is 6.12. The van der Waals surface area contributed by atoms with Crippen molar-refractivity contribution in [3.63, 3.8) is 0 Å². The van der Waals surface area contributed by atoms with E-state index in [0.29, 0.717) is 34.8 Å². The maximum atomic E-state index is 12.4. The molecule has 0 saturated carbocycles. The second kappa shape index (κ2) is 9.82. The van der Waals surface area contributed by atoms with Gasteiger partial charge in [-0.25, -0.2) is 14.6 Å². The Morgan fingerprint density at radius 1 is 1.00 bits per heavy atom. The predicted molar refractivity (Wildman–Crippen MR) is 123 cm³/mol. The molecule has 0 unspecified atom stereocenters. The van der Waals surface area contributed by atoms with Crippen molar-refractivity contribution >= 4 is 23.9 Å². The summed E-state index contributed by atoms with van der Waals surface area (Å²) >= 11 is 0. The molecule has 0 aliphatic carbocycles. The van der Waals surface area contributed by atoms with Crippen LogP contribution in [0.2, 0.25) is 0 Å². The molecule has 4 rings (SSSR count). The Hall–Kier alpha value is -4.39. The predicted octanol–water partition coefficient (Wildman–Crippen LogP) is 4.66. The fourth-order valence-corrected chi connectivity index (χ4v) is 3.12. The summed E-state index contributed by atoms with van der Waals surface area (Å²) in [5, 5.41) is 0. The van der Waals surface area contributed by atoms with Gasteiger partial charge >= 0.3 is 11.9 Å². The molecule has 0 radical (unpaired) electrons. The molecule has 0 spiro atoms. The minimum Gasteiger partial charge on any atom is -0.497 e. The SMILES string of the molecule is CCOc1cc(/C=C2/N=C(c3ccc(OC)cc3)OC2=O)ccc1OC(=O)c1ccccc1. The molecular formula is C26H21NO6. The number of hydrogen-bond donors (Lipinski definition) is 0. The van der Waals surface area contributed by atoms with Gasteiger partial charge in [0, 0.05) is 5.56 Å². The summed E-state index contributed by atoms with van der Waals surface area (Å²) in [5.74, 6) is 0.517. The Bertz CT molecular complexity index is 1230. The van der Waals surface area contributed by atoms with Crippen molar-refractivity contribution < 1.29 is 28.5 Å². The van der Waals surface area contributed by atoms with Gasteiger partial charge in [-0.1, -0.05) is 24.3 Å². The Kier molecular flexibility index (Phi) is 6.50. The molecule has 0 saturated heterocycles. The first kappa shape index (κ1) is 21.8. The molecular weight excluding hydrogens is 422 g/mol. The van der Waals surface area contributed by atoms with Crippen LogP contribution < -0.4 is 14.2 Å². The summed E-state index contributed by atoms with van der Waals surface area (Å²) in [6.45, 7) is 2.20. The zero-order valence-electron chi connectivity index (χ0n) is 18.1. The second-order valence-electron chi connectivity index (χ2n) is 6.96. The summed E-state index contributed by atoms with van der Waals surface area (Å²) < 4.78 is 21.6. The molecule has 1 heterocycles. The van der Waals surface area contributed by atoms with Gasteiger partial charge in [-0.15, -0.1) is 0 Å². The molecule has 0 amide bonds. The van der Waals surface area contributed by atoms with Gasteiger partial charge in [-0.3, -0.25) is 0 Å². The molecule has 1 aliphatic rings. The molecule has 0 N–H and O–H groups in total. The zero-order chi connectivity index (χ0) is 23.2. The fraction of sp³-hybridized carbons (Fsp3) is 0.115. The van der Waals surface area contributed by atoms with Gasteiger partial charge in [0.1, 0.15) is 5.75 Å². The van der Waals surface area contributed by atoms with Gasteiger partial charge < -0.3 is 18.9 Å². The first-order valence-electron chi connectivity index (χ1n) is 10.3. The highest BCUT2D eigenvalue weighted by Crippen LogP contribution is 2.31. The number of hydrogen-bond acceptors (Lipinski definition) is 7. The van der Waals surface area contributed by atoms with Crippen LogP contribution in [0.4, 0.5) is 0 Å². The van der Waals surface area contributed by atoms with Crippen molar-refractivity contribution in [3.05, 3.63) is 95.2 Å². The Morgan fingerprint density at radius 2 is 1.76 bits per heavy atom. The van der Waals surface area contributed by atoms with Crippen molar-refractivity contribution in [1.29, 1.82) is 0 Å². The number of carbonyl (C=O) groups excluding carboxylic acids is 2. The lowest BCUT2D eigenvalue weighted by Gasteiger charge is -2.11. The van der Waals surface area contributed by atoms with Crippen LogP contribution in [0.5, 0.6) is 17.2 Å². The molecule has 1 aliphatic heterocycles. The monoisotopic (exact) mass is 443 g/mol. The van der Waals surface area contributed by atoms with Crippen LogP contribution in [0, 0.1) is 0 Å². The van der Waals surface area contributed by atoms with Crippen molar-refractivity contribution in [1.82, 2.24) is 0 Å². The lowest BCUT2D eigenvalue weighted by molar-refractivity contribution is -0.129. The first-order valence-corrected chi connectivity index (χ1v) is 10.3. The van der Waals surface area contributed by atoms with E-state index in [1.807, 2.05) is 13.0 Å². The number of cyclic esters (lactones) is 1. The highest BCUT2D eigenvalue weighted by atomic mass is 16.6. The minimum atomic E-state index is -0.557. The minimum absolute atomic E-state index is 0.150. The van der Waals surface area contributed by atoms with Crippen LogP contribution in [0.1, 0.15) is 28.4 Å². The molecule has 0 fully saturated rings. The second-order valence-corrected chi connectivity index (χ2v) is 6.96. The maximum Gasteiger partial charge on any atom is 0.363 e. The topological polar surface area (TPSA) is 83.4 Å². The van der Waals surface area contributed by atoms with Crippen LogP contribution >= 0.6 is 0 Å². The molecule has 7 heteroatoms. The third-order valence-corrected chi connectivity index (χ3v) is 4.74. The molecule has 166 valence electrons. The zero-order valence-corrected chi connectivity index (χ0v) is 18.1. The summed E-state index contributed by atoms with van der Waals surface area (Å²) in [7, 11) is 1.58. The van der Waals surface area contributed by atoms with E-state index in [0.717, 1.165) is 0 Å².